The van der Waals surface area contributed by atoms with Crippen LogP contribution in [0.25, 0.3) is 5.65 Å². The Bertz CT molecular complexity index is 824. The quantitative estimate of drug-likeness (QED) is 0.758. The average Bonchev–Trinajstić information content (AvgIpc) is 2.98. The first-order valence-corrected chi connectivity index (χ1v) is 8.14. The Hall–Kier alpha value is -2.89. The molecule has 0 atom stereocenters. The van der Waals surface area contributed by atoms with Gasteiger partial charge in [0.2, 0.25) is 11.9 Å². The molecule has 0 aliphatic heterocycles. The molecule has 0 aliphatic rings. The summed E-state index contributed by atoms with van der Waals surface area (Å²) in [4.78, 5) is 18.8. The normalized spacial score (nSPS) is 10.8. The highest BCUT2D eigenvalue weighted by molar-refractivity contribution is 5.90. The van der Waals surface area contributed by atoms with Gasteiger partial charge in [0.15, 0.2) is 5.65 Å². The molecule has 3 aromatic rings. The van der Waals surface area contributed by atoms with Crippen molar-refractivity contribution in [3.8, 4) is 0 Å². The van der Waals surface area contributed by atoms with Crippen molar-refractivity contribution in [2.45, 2.75) is 20.3 Å². The van der Waals surface area contributed by atoms with Gasteiger partial charge in [-0.05, 0) is 25.5 Å². The molecule has 0 saturated heterocycles. The van der Waals surface area contributed by atoms with Gasteiger partial charge in [-0.2, -0.15) is 4.98 Å². The number of pyridine rings is 1. The number of carbonyl (C=O) groups is 1. The Morgan fingerprint density at radius 1 is 1.17 bits per heavy atom. The Balaban J connectivity index is 1.74. The lowest BCUT2D eigenvalue weighted by atomic mass is 10.1. The van der Waals surface area contributed by atoms with Gasteiger partial charge in [0, 0.05) is 31.0 Å². The van der Waals surface area contributed by atoms with E-state index in [2.05, 4.69) is 34.1 Å². The molecule has 0 saturated carbocycles. The molecule has 3 rings (SSSR count). The second kappa shape index (κ2) is 7.12. The van der Waals surface area contributed by atoms with Crippen LogP contribution in [0, 0.1) is 0 Å². The van der Waals surface area contributed by atoms with Crippen molar-refractivity contribution in [1.29, 1.82) is 0 Å². The number of hydrogen-bond donors (Lipinski definition) is 1. The number of fused-ring (bicyclic) bond motifs is 1. The van der Waals surface area contributed by atoms with E-state index in [1.54, 1.807) is 4.52 Å². The molecule has 1 amide bonds. The zero-order valence-corrected chi connectivity index (χ0v) is 13.9. The highest BCUT2D eigenvalue weighted by atomic mass is 16.1. The average molecular weight is 323 g/mol. The van der Waals surface area contributed by atoms with Gasteiger partial charge in [-0.15, -0.1) is 5.10 Å². The van der Waals surface area contributed by atoms with Crippen LogP contribution in [-0.4, -0.2) is 33.6 Å². The monoisotopic (exact) mass is 323 g/mol. The lowest BCUT2D eigenvalue weighted by Gasteiger charge is -2.20. The molecular formula is C18H21N5O. The van der Waals surface area contributed by atoms with Crippen LogP contribution in [0.1, 0.15) is 19.4 Å². The third kappa shape index (κ3) is 3.53. The molecule has 2 aromatic heterocycles. The van der Waals surface area contributed by atoms with E-state index < -0.39 is 0 Å². The molecule has 24 heavy (non-hydrogen) atoms. The van der Waals surface area contributed by atoms with E-state index in [1.165, 1.54) is 0 Å². The molecule has 6 nitrogen and oxygen atoms in total. The largest absolute Gasteiger partial charge is 0.372 e. The van der Waals surface area contributed by atoms with Gasteiger partial charge in [-0.25, -0.2) is 4.52 Å². The summed E-state index contributed by atoms with van der Waals surface area (Å²) in [6.45, 7) is 6.10. The van der Waals surface area contributed by atoms with Crippen molar-refractivity contribution >= 4 is 23.2 Å². The van der Waals surface area contributed by atoms with Crippen molar-refractivity contribution in [1.82, 2.24) is 14.6 Å². The SMILES string of the molecule is CCN(CC)c1ccn2nc(NC(=O)Cc3ccccc3)nc2c1. The maximum Gasteiger partial charge on any atom is 0.249 e. The fourth-order valence-corrected chi connectivity index (χ4v) is 2.66. The number of carbonyl (C=O) groups excluding carboxylic acids is 1. The van der Waals surface area contributed by atoms with Gasteiger partial charge in [-0.1, -0.05) is 30.3 Å². The summed E-state index contributed by atoms with van der Waals surface area (Å²) >= 11 is 0. The molecule has 6 heteroatoms. The molecule has 0 spiro atoms. The second-order valence-electron chi connectivity index (χ2n) is 5.51. The minimum atomic E-state index is -0.124. The van der Waals surface area contributed by atoms with Gasteiger partial charge in [-0.3, -0.25) is 10.1 Å². The minimum absolute atomic E-state index is 0.124. The molecule has 2 heterocycles. The van der Waals surface area contributed by atoms with Crippen LogP contribution in [0.5, 0.6) is 0 Å². The van der Waals surface area contributed by atoms with Crippen LogP contribution in [0.4, 0.5) is 11.6 Å². The Kier molecular flexibility index (Phi) is 4.74. The van der Waals surface area contributed by atoms with E-state index in [0.29, 0.717) is 12.4 Å². The standard InChI is InChI=1S/C18H21N5O/c1-3-22(4-2)15-10-11-23-16(13-15)19-18(21-23)20-17(24)12-14-8-6-5-7-9-14/h5-11,13H,3-4,12H2,1-2H3,(H,20,21,24). The van der Waals surface area contributed by atoms with Crippen LogP contribution >= 0.6 is 0 Å². The summed E-state index contributed by atoms with van der Waals surface area (Å²) in [5.41, 5.74) is 2.78. The zero-order valence-electron chi connectivity index (χ0n) is 13.9. The lowest BCUT2D eigenvalue weighted by molar-refractivity contribution is -0.115. The number of nitrogens with one attached hydrogen (secondary N) is 1. The minimum Gasteiger partial charge on any atom is -0.372 e. The number of rotatable bonds is 6. The molecular weight excluding hydrogens is 302 g/mol. The summed E-state index contributed by atoms with van der Waals surface area (Å²) in [7, 11) is 0. The molecule has 0 unspecified atom stereocenters. The number of nitrogens with zero attached hydrogens (tertiary/aromatic N) is 4. The summed E-state index contributed by atoms with van der Waals surface area (Å²) in [5, 5.41) is 7.06. The molecule has 1 aromatic carbocycles. The maximum atomic E-state index is 12.1. The van der Waals surface area contributed by atoms with E-state index in [4.69, 9.17) is 0 Å². The molecule has 0 aliphatic carbocycles. The van der Waals surface area contributed by atoms with Crippen molar-refractivity contribution < 1.29 is 4.79 Å². The van der Waals surface area contributed by atoms with Gasteiger partial charge < -0.3 is 4.90 Å². The first-order chi connectivity index (χ1) is 11.7. The third-order valence-corrected chi connectivity index (χ3v) is 3.91. The van der Waals surface area contributed by atoms with Crippen LogP contribution in [-0.2, 0) is 11.2 Å². The number of hydrogen-bond acceptors (Lipinski definition) is 4. The fourth-order valence-electron chi connectivity index (χ4n) is 2.66. The Morgan fingerprint density at radius 2 is 1.92 bits per heavy atom. The highest BCUT2D eigenvalue weighted by Crippen LogP contribution is 2.16. The van der Waals surface area contributed by atoms with Crippen molar-refractivity contribution in [2.24, 2.45) is 0 Å². The summed E-state index contributed by atoms with van der Waals surface area (Å²) in [6, 6.07) is 13.6. The van der Waals surface area contributed by atoms with E-state index >= 15 is 0 Å². The van der Waals surface area contributed by atoms with E-state index in [9.17, 15) is 4.79 Å². The number of aromatic nitrogens is 3. The smallest absolute Gasteiger partial charge is 0.249 e. The molecule has 1 N–H and O–H groups in total. The predicted molar refractivity (Wildman–Crippen MR) is 95.3 cm³/mol. The second-order valence-corrected chi connectivity index (χ2v) is 5.51. The number of anilines is 2. The van der Waals surface area contributed by atoms with Crippen LogP contribution in [0.2, 0.25) is 0 Å². The summed E-state index contributed by atoms with van der Waals surface area (Å²) < 4.78 is 1.67. The van der Waals surface area contributed by atoms with Crippen molar-refractivity contribution in [2.75, 3.05) is 23.3 Å². The first kappa shape index (κ1) is 16.0. The van der Waals surface area contributed by atoms with E-state index in [0.717, 1.165) is 30.0 Å². The van der Waals surface area contributed by atoms with Crippen molar-refractivity contribution in [3.05, 3.63) is 54.2 Å². The Morgan fingerprint density at radius 3 is 2.62 bits per heavy atom. The van der Waals surface area contributed by atoms with Gasteiger partial charge in [0.05, 0.1) is 6.42 Å². The highest BCUT2D eigenvalue weighted by Gasteiger charge is 2.10. The van der Waals surface area contributed by atoms with E-state index in [1.807, 2.05) is 48.7 Å². The molecule has 0 bridgehead atoms. The molecule has 124 valence electrons. The Labute approximate surface area is 141 Å². The molecule has 0 radical (unpaired) electrons. The van der Waals surface area contributed by atoms with Gasteiger partial charge >= 0.3 is 0 Å². The topological polar surface area (TPSA) is 62.5 Å². The van der Waals surface area contributed by atoms with Gasteiger partial charge in [0.1, 0.15) is 0 Å². The molecule has 0 fully saturated rings. The predicted octanol–water partition coefficient (Wildman–Crippen LogP) is 2.76. The van der Waals surface area contributed by atoms with Crippen LogP contribution < -0.4 is 10.2 Å². The first-order valence-electron chi connectivity index (χ1n) is 8.14. The zero-order chi connectivity index (χ0) is 16.9. The summed E-state index contributed by atoms with van der Waals surface area (Å²) in [6.07, 6.45) is 2.17. The lowest BCUT2D eigenvalue weighted by Crippen LogP contribution is -2.21. The van der Waals surface area contributed by atoms with Crippen LogP contribution in [0.15, 0.2) is 48.7 Å². The van der Waals surface area contributed by atoms with E-state index in [-0.39, 0.29) is 5.91 Å². The fraction of sp³-hybridized carbons (Fsp3) is 0.278. The third-order valence-electron chi connectivity index (χ3n) is 3.91. The van der Waals surface area contributed by atoms with Gasteiger partial charge in [0.25, 0.3) is 0 Å². The summed E-state index contributed by atoms with van der Waals surface area (Å²) in [5.74, 6) is 0.203. The van der Waals surface area contributed by atoms with Crippen molar-refractivity contribution in [3.63, 3.8) is 0 Å². The van der Waals surface area contributed by atoms with Crippen LogP contribution in [0.3, 0.4) is 0 Å². The number of amides is 1. The number of benzene rings is 1. The maximum absolute atomic E-state index is 12.1.